The number of nitrogens with one attached hydrogen (secondary N) is 1. The van der Waals surface area contributed by atoms with Gasteiger partial charge < -0.3 is 15.2 Å². The Kier molecular flexibility index (Phi) is 7.54. The van der Waals surface area contributed by atoms with Gasteiger partial charge in [-0.15, -0.1) is 0 Å². The second-order valence-corrected chi connectivity index (χ2v) is 8.84. The predicted octanol–water partition coefficient (Wildman–Crippen LogP) is 3.40. The maximum absolute atomic E-state index is 14.0. The molecule has 0 bridgehead atoms. The van der Waals surface area contributed by atoms with Gasteiger partial charge in [0.05, 0.1) is 19.1 Å². The molecule has 0 radical (unpaired) electrons. The molecule has 164 valence electrons. The first-order valence-electron chi connectivity index (χ1n) is 9.89. The van der Waals surface area contributed by atoms with Gasteiger partial charge in [0.15, 0.2) is 0 Å². The van der Waals surface area contributed by atoms with E-state index in [-0.39, 0.29) is 31.3 Å². The van der Waals surface area contributed by atoms with E-state index in [1.165, 1.54) is 19.2 Å². The molecule has 2 aromatic rings. The van der Waals surface area contributed by atoms with E-state index in [1.54, 1.807) is 12.3 Å². The molecule has 0 fully saturated rings. The van der Waals surface area contributed by atoms with Gasteiger partial charge in [-0.05, 0) is 70.7 Å². The van der Waals surface area contributed by atoms with Gasteiger partial charge in [0.25, 0.3) is 0 Å². The van der Waals surface area contributed by atoms with Gasteiger partial charge in [-0.2, -0.15) is 0 Å². The molecule has 0 spiro atoms. The number of ether oxygens (including phenoxy) is 1. The lowest BCUT2D eigenvalue weighted by Crippen LogP contribution is -2.34. The van der Waals surface area contributed by atoms with E-state index in [1.807, 2.05) is 37.3 Å². The number of allylic oxidation sites excluding steroid dienone is 2. The molecule has 31 heavy (non-hydrogen) atoms. The lowest BCUT2D eigenvalue weighted by Gasteiger charge is -2.12. The Morgan fingerprint density at radius 2 is 1.94 bits per heavy atom. The molecule has 0 unspecified atom stereocenters. The summed E-state index contributed by atoms with van der Waals surface area (Å²) < 4.78 is 30.5. The first kappa shape index (κ1) is 23.1. The van der Waals surface area contributed by atoms with Crippen LogP contribution in [0.3, 0.4) is 0 Å². The maximum Gasteiger partial charge on any atom is 0.224 e. The van der Waals surface area contributed by atoms with Crippen molar-refractivity contribution in [2.75, 3.05) is 26.5 Å². The van der Waals surface area contributed by atoms with Crippen LogP contribution >= 0.6 is 0 Å². The monoisotopic (exact) mass is 443 g/mol. The molecular weight excluding hydrogens is 417 g/mol. The third-order valence-electron chi connectivity index (χ3n) is 5.21. The third kappa shape index (κ3) is 5.55. The van der Waals surface area contributed by atoms with Gasteiger partial charge in [-0.3, -0.25) is 9.00 Å². The number of methoxy groups -OCH3 is 1. The molecule has 3 rings (SSSR count). The summed E-state index contributed by atoms with van der Waals surface area (Å²) in [4.78, 5) is 13.2. The molecule has 0 saturated heterocycles. The fourth-order valence-corrected chi connectivity index (χ4v) is 4.13. The summed E-state index contributed by atoms with van der Waals surface area (Å²) in [6, 6.07) is 12.0. The van der Waals surface area contributed by atoms with E-state index in [2.05, 4.69) is 5.32 Å². The first-order chi connectivity index (χ1) is 14.8. The number of hydrogen-bond donors (Lipinski definition) is 2. The zero-order valence-electron chi connectivity index (χ0n) is 17.8. The third-order valence-corrected chi connectivity index (χ3v) is 6.14. The zero-order chi connectivity index (χ0) is 22.5. The molecule has 1 amide bonds. The SMILES string of the molecule is COC[C@@H](O)CNC(=O)CC1=C(C)/C(=C\c2ccc([S@@](C)=O)cc2)c2ccc(F)cc21. The summed E-state index contributed by atoms with van der Waals surface area (Å²) >= 11 is 0. The molecule has 2 aromatic carbocycles. The van der Waals surface area contributed by atoms with E-state index in [4.69, 9.17) is 4.74 Å². The van der Waals surface area contributed by atoms with Gasteiger partial charge >= 0.3 is 0 Å². The number of aliphatic hydroxyl groups excluding tert-OH is 1. The van der Waals surface area contributed by atoms with Crippen LogP contribution in [0.1, 0.15) is 30.0 Å². The largest absolute Gasteiger partial charge is 0.389 e. The number of rotatable bonds is 8. The summed E-state index contributed by atoms with van der Waals surface area (Å²) in [5.74, 6) is -0.619. The summed E-state index contributed by atoms with van der Waals surface area (Å²) in [5.41, 5.74) is 5.06. The van der Waals surface area contributed by atoms with Gasteiger partial charge in [-0.25, -0.2) is 4.39 Å². The standard InChI is InChI=1S/C24H26FNO4S/c1-15-21(10-16-4-7-19(8-5-16)31(3)29)20-9-6-17(25)11-23(20)22(15)12-24(28)26-13-18(27)14-30-2/h4-11,18,27H,12-14H2,1-3H3,(H,26,28)/b21-10+/t18-,31+/m0/s1. The number of hydrogen-bond acceptors (Lipinski definition) is 4. The highest BCUT2D eigenvalue weighted by Gasteiger charge is 2.26. The lowest BCUT2D eigenvalue weighted by atomic mass is 10.0. The lowest BCUT2D eigenvalue weighted by molar-refractivity contribution is -0.120. The van der Waals surface area contributed by atoms with Crippen molar-refractivity contribution in [1.29, 1.82) is 0 Å². The number of carbonyl (C=O) groups excluding carboxylic acids is 1. The van der Waals surface area contributed by atoms with Gasteiger partial charge in [0.1, 0.15) is 5.82 Å². The van der Waals surface area contributed by atoms with Crippen molar-refractivity contribution in [3.63, 3.8) is 0 Å². The quantitative estimate of drug-likeness (QED) is 0.656. The molecule has 5 nitrogen and oxygen atoms in total. The van der Waals surface area contributed by atoms with Crippen molar-refractivity contribution >= 4 is 33.9 Å². The Bertz CT molecular complexity index is 1060. The molecule has 0 saturated carbocycles. The summed E-state index contributed by atoms with van der Waals surface area (Å²) in [7, 11) is 0.430. The van der Waals surface area contributed by atoms with Crippen LogP contribution in [0.4, 0.5) is 4.39 Å². The van der Waals surface area contributed by atoms with Crippen LogP contribution in [-0.2, 0) is 20.3 Å². The number of halogens is 1. The minimum atomic E-state index is -1.05. The van der Waals surface area contributed by atoms with Crippen molar-refractivity contribution in [2.45, 2.75) is 24.3 Å². The van der Waals surface area contributed by atoms with Crippen LogP contribution in [-0.4, -0.2) is 47.8 Å². The van der Waals surface area contributed by atoms with E-state index in [0.29, 0.717) is 5.56 Å². The van der Waals surface area contributed by atoms with Gasteiger partial charge in [-0.1, -0.05) is 18.2 Å². The molecule has 0 heterocycles. The van der Waals surface area contributed by atoms with Crippen LogP contribution in [0.2, 0.25) is 0 Å². The smallest absolute Gasteiger partial charge is 0.224 e. The van der Waals surface area contributed by atoms with Crippen molar-refractivity contribution in [2.24, 2.45) is 0 Å². The number of aliphatic hydroxyl groups is 1. The van der Waals surface area contributed by atoms with Crippen molar-refractivity contribution in [1.82, 2.24) is 5.32 Å². The Balaban J connectivity index is 1.90. The minimum absolute atomic E-state index is 0.0765. The van der Waals surface area contributed by atoms with Crippen molar-refractivity contribution in [3.05, 3.63) is 70.5 Å². The molecule has 0 aromatic heterocycles. The van der Waals surface area contributed by atoms with E-state index < -0.39 is 16.9 Å². The number of benzene rings is 2. The second kappa shape index (κ2) is 10.1. The van der Waals surface area contributed by atoms with E-state index in [0.717, 1.165) is 32.7 Å². The average molecular weight is 444 g/mol. The molecule has 1 aliphatic carbocycles. The molecule has 2 N–H and O–H groups in total. The van der Waals surface area contributed by atoms with Gasteiger partial charge in [0.2, 0.25) is 5.91 Å². The van der Waals surface area contributed by atoms with E-state index in [9.17, 15) is 18.5 Å². The van der Waals surface area contributed by atoms with Crippen LogP contribution in [0.15, 0.2) is 52.9 Å². The van der Waals surface area contributed by atoms with Crippen molar-refractivity contribution in [3.8, 4) is 0 Å². The van der Waals surface area contributed by atoms with Crippen molar-refractivity contribution < 1.29 is 23.2 Å². The highest BCUT2D eigenvalue weighted by molar-refractivity contribution is 7.84. The average Bonchev–Trinajstić information content (AvgIpc) is 2.98. The Hall–Kier alpha value is -2.61. The fourth-order valence-electron chi connectivity index (χ4n) is 3.61. The maximum atomic E-state index is 14.0. The molecule has 2 atom stereocenters. The zero-order valence-corrected chi connectivity index (χ0v) is 18.6. The number of carbonyl (C=O) groups is 1. The predicted molar refractivity (Wildman–Crippen MR) is 121 cm³/mol. The van der Waals surface area contributed by atoms with Crippen LogP contribution < -0.4 is 5.32 Å². The summed E-state index contributed by atoms with van der Waals surface area (Å²) in [6.07, 6.45) is 2.91. The molecular formula is C24H26FNO4S. The fraction of sp³-hybridized carbons (Fsp3) is 0.292. The minimum Gasteiger partial charge on any atom is -0.389 e. The van der Waals surface area contributed by atoms with Crippen LogP contribution in [0.25, 0.3) is 17.2 Å². The van der Waals surface area contributed by atoms with Crippen LogP contribution in [0.5, 0.6) is 0 Å². The van der Waals surface area contributed by atoms with E-state index >= 15 is 0 Å². The summed E-state index contributed by atoms with van der Waals surface area (Å²) in [6.45, 7) is 2.14. The molecule has 0 aliphatic heterocycles. The highest BCUT2D eigenvalue weighted by atomic mass is 32.2. The van der Waals surface area contributed by atoms with Crippen LogP contribution in [0, 0.1) is 5.82 Å². The van der Waals surface area contributed by atoms with Gasteiger partial charge in [0, 0.05) is 35.6 Å². The number of fused-ring (bicyclic) bond motifs is 1. The molecule has 1 aliphatic rings. The molecule has 7 heteroatoms. The Labute approximate surface area is 184 Å². The number of amides is 1. The first-order valence-corrected chi connectivity index (χ1v) is 11.4. The topological polar surface area (TPSA) is 75.6 Å². The Morgan fingerprint density at radius 3 is 2.58 bits per heavy atom. The normalized spacial score (nSPS) is 16.4. The second-order valence-electron chi connectivity index (χ2n) is 7.46. The Morgan fingerprint density at radius 1 is 1.23 bits per heavy atom. The summed E-state index contributed by atoms with van der Waals surface area (Å²) in [5, 5.41) is 12.4. The highest BCUT2D eigenvalue weighted by Crippen LogP contribution is 2.43.